The highest BCUT2D eigenvalue weighted by Crippen LogP contribution is 2.36. The van der Waals surface area contributed by atoms with E-state index < -0.39 is 6.04 Å². The van der Waals surface area contributed by atoms with Crippen LogP contribution in [-0.4, -0.2) is 24.7 Å². The second-order valence-electron chi connectivity index (χ2n) is 9.02. The van der Waals surface area contributed by atoms with Crippen molar-refractivity contribution in [3.63, 3.8) is 0 Å². The van der Waals surface area contributed by atoms with Gasteiger partial charge in [-0.3, -0.25) is 14.2 Å². The van der Waals surface area contributed by atoms with Gasteiger partial charge in [-0.25, -0.2) is 9.38 Å². The maximum Gasteiger partial charge on any atom is 0.271 e. The minimum absolute atomic E-state index is 0.309. The number of hydrogen-bond donors (Lipinski definition) is 1. The standard InChI is InChI=1S/C30H26FN3O4S/c1-17-7-5-6-8-22(17)33-28(35)26-18(2)32-30-34(27(26)20-11-14-23(37-3)24(16-20)38-4)29(36)25(39-30)15-19-9-12-21(31)13-10-19/h5-16,27H,1-4H3,(H,33,35)/b25-15+/t27-/m0/s1. The minimum atomic E-state index is -0.777. The zero-order valence-electron chi connectivity index (χ0n) is 21.8. The van der Waals surface area contributed by atoms with Crippen LogP contribution in [0.2, 0.25) is 0 Å². The third-order valence-corrected chi connectivity index (χ3v) is 7.53. The Morgan fingerprint density at radius 1 is 1.03 bits per heavy atom. The molecule has 1 aromatic heterocycles. The quantitative estimate of drug-likeness (QED) is 0.392. The van der Waals surface area contributed by atoms with Gasteiger partial charge in [-0.05, 0) is 66.9 Å². The fourth-order valence-electron chi connectivity index (χ4n) is 4.56. The van der Waals surface area contributed by atoms with Crippen LogP contribution in [0.1, 0.15) is 29.7 Å². The highest BCUT2D eigenvalue weighted by atomic mass is 32.1. The molecule has 2 heterocycles. The summed E-state index contributed by atoms with van der Waals surface area (Å²) in [5, 5.41) is 3.00. The van der Waals surface area contributed by atoms with Gasteiger partial charge in [0.2, 0.25) is 0 Å². The number of amides is 1. The number of carbonyl (C=O) groups excluding carboxylic acids is 1. The Morgan fingerprint density at radius 3 is 2.44 bits per heavy atom. The Labute approximate surface area is 228 Å². The van der Waals surface area contributed by atoms with Crippen molar-refractivity contribution >= 4 is 29.0 Å². The van der Waals surface area contributed by atoms with Gasteiger partial charge in [0.1, 0.15) is 5.82 Å². The molecule has 7 nitrogen and oxygen atoms in total. The van der Waals surface area contributed by atoms with E-state index in [1.807, 2.05) is 37.3 Å². The number of nitrogens with one attached hydrogen (secondary N) is 1. The molecular weight excluding hydrogens is 517 g/mol. The molecule has 5 rings (SSSR count). The molecule has 0 fully saturated rings. The molecule has 39 heavy (non-hydrogen) atoms. The summed E-state index contributed by atoms with van der Waals surface area (Å²) in [6.45, 7) is 3.67. The number of aryl methyl sites for hydroxylation is 1. The van der Waals surface area contributed by atoms with E-state index in [1.165, 1.54) is 35.1 Å². The van der Waals surface area contributed by atoms with Gasteiger partial charge in [-0.2, -0.15) is 0 Å². The average molecular weight is 544 g/mol. The van der Waals surface area contributed by atoms with Gasteiger partial charge in [0.25, 0.3) is 11.5 Å². The first-order valence-corrected chi connectivity index (χ1v) is 13.0. The van der Waals surface area contributed by atoms with Crippen LogP contribution in [0.4, 0.5) is 10.1 Å². The Kier molecular flexibility index (Phi) is 7.17. The summed E-state index contributed by atoms with van der Waals surface area (Å²) < 4.78 is 26.3. The Bertz CT molecular complexity index is 1790. The topological polar surface area (TPSA) is 81.9 Å². The first-order chi connectivity index (χ1) is 18.8. The lowest BCUT2D eigenvalue weighted by Crippen LogP contribution is -2.40. The van der Waals surface area contributed by atoms with Crippen molar-refractivity contribution < 1.29 is 18.7 Å². The summed E-state index contributed by atoms with van der Waals surface area (Å²) in [7, 11) is 3.07. The van der Waals surface area contributed by atoms with Crippen molar-refractivity contribution in [3.8, 4) is 11.5 Å². The lowest BCUT2D eigenvalue weighted by molar-refractivity contribution is -0.113. The van der Waals surface area contributed by atoms with Crippen LogP contribution in [0.15, 0.2) is 87.8 Å². The van der Waals surface area contributed by atoms with Crippen molar-refractivity contribution in [2.45, 2.75) is 19.9 Å². The van der Waals surface area contributed by atoms with Crippen LogP contribution in [0.5, 0.6) is 11.5 Å². The molecule has 1 aliphatic rings. The van der Waals surface area contributed by atoms with Gasteiger partial charge in [0.15, 0.2) is 16.3 Å². The summed E-state index contributed by atoms with van der Waals surface area (Å²) in [6, 6.07) is 17.9. The van der Waals surface area contributed by atoms with Gasteiger partial charge in [-0.1, -0.05) is 47.7 Å². The SMILES string of the molecule is COc1ccc([C@H]2C(C(=O)Nc3ccccc3C)=C(C)N=c3s/c(=C/c4ccc(F)cc4)c(=O)n32)cc1OC. The number of nitrogens with zero attached hydrogens (tertiary/aromatic N) is 2. The van der Waals surface area contributed by atoms with E-state index in [2.05, 4.69) is 10.3 Å². The maximum absolute atomic E-state index is 13.8. The lowest BCUT2D eigenvalue weighted by atomic mass is 9.94. The largest absolute Gasteiger partial charge is 0.493 e. The lowest BCUT2D eigenvalue weighted by Gasteiger charge is -2.26. The molecule has 0 bridgehead atoms. The van der Waals surface area contributed by atoms with Crippen molar-refractivity contribution in [3.05, 3.63) is 120 Å². The molecule has 0 spiro atoms. The smallest absolute Gasteiger partial charge is 0.271 e. The fourth-order valence-corrected chi connectivity index (χ4v) is 5.61. The van der Waals surface area contributed by atoms with Gasteiger partial charge in [0, 0.05) is 5.69 Å². The molecule has 1 amide bonds. The molecule has 1 atom stereocenters. The first-order valence-electron chi connectivity index (χ1n) is 12.2. The molecule has 0 saturated heterocycles. The molecule has 9 heteroatoms. The molecule has 0 radical (unpaired) electrons. The summed E-state index contributed by atoms with van der Waals surface area (Å²) >= 11 is 1.21. The average Bonchev–Trinajstić information content (AvgIpc) is 3.23. The number of benzene rings is 3. The van der Waals surface area contributed by atoms with Crippen molar-refractivity contribution in [1.82, 2.24) is 4.57 Å². The van der Waals surface area contributed by atoms with E-state index in [0.717, 1.165) is 5.56 Å². The van der Waals surface area contributed by atoms with Crippen molar-refractivity contribution in [2.24, 2.45) is 4.99 Å². The molecular formula is C30H26FN3O4S. The normalized spacial score (nSPS) is 15.0. The van der Waals surface area contributed by atoms with Crippen LogP contribution >= 0.6 is 11.3 Å². The number of ether oxygens (including phenoxy) is 2. The molecule has 3 aromatic carbocycles. The number of hydrogen-bond acceptors (Lipinski definition) is 6. The van der Waals surface area contributed by atoms with Gasteiger partial charge in [-0.15, -0.1) is 0 Å². The van der Waals surface area contributed by atoms with E-state index >= 15 is 0 Å². The molecule has 198 valence electrons. The van der Waals surface area contributed by atoms with E-state index in [-0.39, 0.29) is 17.3 Å². The zero-order valence-corrected chi connectivity index (χ0v) is 22.6. The summed E-state index contributed by atoms with van der Waals surface area (Å²) in [4.78, 5) is 32.8. The van der Waals surface area contributed by atoms with Crippen LogP contribution in [-0.2, 0) is 4.79 Å². The van der Waals surface area contributed by atoms with Gasteiger partial charge in [0.05, 0.1) is 36.1 Å². The number of anilines is 1. The summed E-state index contributed by atoms with van der Waals surface area (Å²) in [5.41, 5.74) is 3.44. The number of para-hydroxylation sites is 1. The Morgan fingerprint density at radius 2 is 1.74 bits per heavy atom. The van der Waals surface area contributed by atoms with E-state index in [0.29, 0.717) is 48.9 Å². The predicted octanol–water partition coefficient (Wildman–Crippen LogP) is 4.34. The van der Waals surface area contributed by atoms with E-state index in [1.54, 1.807) is 44.4 Å². The minimum Gasteiger partial charge on any atom is -0.493 e. The fraction of sp³-hybridized carbons (Fsp3) is 0.167. The number of rotatable bonds is 6. The number of allylic oxidation sites excluding steroid dienone is 1. The molecule has 0 saturated carbocycles. The predicted molar refractivity (Wildman–Crippen MR) is 150 cm³/mol. The summed E-state index contributed by atoms with van der Waals surface area (Å²) in [5.74, 6) is 0.272. The number of fused-ring (bicyclic) bond motifs is 1. The maximum atomic E-state index is 13.8. The zero-order chi connectivity index (χ0) is 27.7. The second-order valence-corrected chi connectivity index (χ2v) is 10.0. The van der Waals surface area contributed by atoms with E-state index in [9.17, 15) is 14.0 Å². The molecule has 0 unspecified atom stereocenters. The monoisotopic (exact) mass is 543 g/mol. The van der Waals surface area contributed by atoms with Gasteiger partial charge < -0.3 is 14.8 Å². The molecule has 0 aliphatic carbocycles. The Balaban J connectivity index is 1.70. The second kappa shape index (κ2) is 10.7. The molecule has 1 aliphatic heterocycles. The third kappa shape index (κ3) is 5.00. The number of thiazole rings is 1. The number of methoxy groups -OCH3 is 2. The van der Waals surface area contributed by atoms with Crippen molar-refractivity contribution in [2.75, 3.05) is 19.5 Å². The molecule has 4 aromatic rings. The first kappa shape index (κ1) is 26.1. The number of aromatic nitrogens is 1. The van der Waals surface area contributed by atoms with Crippen LogP contribution < -0.4 is 29.7 Å². The van der Waals surface area contributed by atoms with Gasteiger partial charge >= 0.3 is 0 Å². The van der Waals surface area contributed by atoms with Crippen LogP contribution in [0.25, 0.3) is 6.08 Å². The van der Waals surface area contributed by atoms with Crippen LogP contribution in [0.3, 0.4) is 0 Å². The summed E-state index contributed by atoms with van der Waals surface area (Å²) in [6.07, 6.45) is 1.70. The number of carbonyl (C=O) groups is 1. The van der Waals surface area contributed by atoms with Crippen LogP contribution in [0, 0.1) is 12.7 Å². The van der Waals surface area contributed by atoms with E-state index in [4.69, 9.17) is 9.47 Å². The molecule has 1 N–H and O–H groups in total. The Hall–Kier alpha value is -4.50. The van der Waals surface area contributed by atoms with Crippen molar-refractivity contribution in [1.29, 1.82) is 0 Å². The third-order valence-electron chi connectivity index (χ3n) is 6.55. The highest BCUT2D eigenvalue weighted by molar-refractivity contribution is 7.07. The number of halogens is 1. The highest BCUT2D eigenvalue weighted by Gasteiger charge is 2.33.